The highest BCUT2D eigenvalue weighted by Crippen LogP contribution is 2.36. The Morgan fingerprint density at radius 3 is 2.49 bits per heavy atom. The Morgan fingerprint density at radius 1 is 1.16 bits per heavy atom. The minimum Gasteiger partial charge on any atom is -0.492 e. The molecule has 1 aliphatic carbocycles. The molecule has 2 amide bonds. The molecule has 2 aromatic rings. The topological polar surface area (TPSA) is 133 Å². The van der Waals surface area contributed by atoms with Crippen LogP contribution in [-0.4, -0.2) is 57.9 Å². The van der Waals surface area contributed by atoms with Crippen LogP contribution in [0.25, 0.3) is 17.0 Å². The maximum Gasteiger partial charge on any atom is 0.316 e. The van der Waals surface area contributed by atoms with Crippen molar-refractivity contribution in [1.82, 2.24) is 15.6 Å². The van der Waals surface area contributed by atoms with Crippen LogP contribution in [0, 0.1) is 11.3 Å². The number of nitrogens with two attached hydrogens (primary N) is 1. The van der Waals surface area contributed by atoms with Crippen molar-refractivity contribution in [3.05, 3.63) is 60.0 Å². The Balaban J connectivity index is 1.49. The summed E-state index contributed by atoms with van der Waals surface area (Å²) in [4.78, 5) is 43.7. The second-order valence-corrected chi connectivity index (χ2v) is 14.5. The SMILES string of the molecule is C=C(OCC(Cl)(Cl)Cl)C(N)CCCNC(=O)C(C)NC(=O)C(OC(=O)C(C)(C)/C=C/c1ccc2ccc(CC)nc2c1)C1CC1. The summed E-state index contributed by atoms with van der Waals surface area (Å²) in [5.74, 6) is -1.19. The summed E-state index contributed by atoms with van der Waals surface area (Å²) in [6, 6.07) is 8.67. The molecule has 1 heterocycles. The first kappa shape index (κ1) is 36.6. The monoisotopic (exact) mass is 680 g/mol. The lowest BCUT2D eigenvalue weighted by atomic mass is 9.92. The lowest BCUT2D eigenvalue weighted by Gasteiger charge is -2.25. The highest BCUT2D eigenvalue weighted by molar-refractivity contribution is 6.67. The third kappa shape index (κ3) is 11.8. The number of hydrogen-bond acceptors (Lipinski definition) is 7. The van der Waals surface area contributed by atoms with E-state index in [9.17, 15) is 14.4 Å². The van der Waals surface area contributed by atoms with Gasteiger partial charge in [-0.05, 0) is 70.6 Å². The smallest absolute Gasteiger partial charge is 0.316 e. The summed E-state index contributed by atoms with van der Waals surface area (Å²) in [6.45, 7) is 11.0. The summed E-state index contributed by atoms with van der Waals surface area (Å²) in [5, 5.41) is 6.51. The van der Waals surface area contributed by atoms with Crippen LogP contribution in [-0.2, 0) is 30.3 Å². The molecule has 1 aromatic heterocycles. The molecule has 1 saturated carbocycles. The Labute approximate surface area is 280 Å². The minimum absolute atomic E-state index is 0.0818. The van der Waals surface area contributed by atoms with Crippen LogP contribution in [0.3, 0.4) is 0 Å². The fourth-order valence-corrected chi connectivity index (χ4v) is 4.53. The van der Waals surface area contributed by atoms with E-state index in [4.69, 9.17) is 50.0 Å². The van der Waals surface area contributed by atoms with Crippen LogP contribution in [0.15, 0.2) is 48.7 Å². The molecular weight excluding hydrogens is 639 g/mol. The Kier molecular flexibility index (Phi) is 13.1. The van der Waals surface area contributed by atoms with Crippen LogP contribution in [0.1, 0.15) is 64.6 Å². The number of carbonyl (C=O) groups is 3. The number of amides is 2. The standard InChI is InChI=1S/C33H43Cl3N4O5/c1-6-25-14-13-23-10-9-22(18-27(23)40-25)15-16-32(4,5)31(43)45-28(24-11-12-24)30(42)39-20(2)29(41)38-17-7-8-26(37)21(3)44-19-33(34,35)36/h9-10,13-16,18,20,24,26,28H,3,6-8,11-12,17,19,37H2,1-2,4-5H3,(H,38,41)(H,39,42)/b16-15+. The van der Waals surface area contributed by atoms with Crippen LogP contribution >= 0.6 is 34.8 Å². The van der Waals surface area contributed by atoms with Gasteiger partial charge < -0.3 is 25.8 Å². The number of nitrogens with one attached hydrogen (secondary N) is 2. The van der Waals surface area contributed by atoms with E-state index in [0.29, 0.717) is 19.4 Å². The molecule has 0 spiro atoms. The molecular formula is C33H43Cl3N4O5. The molecule has 0 saturated heterocycles. The summed E-state index contributed by atoms with van der Waals surface area (Å²) >= 11 is 17.0. The quantitative estimate of drug-likeness (QED) is 0.0885. The third-order valence-corrected chi connectivity index (χ3v) is 7.80. The van der Waals surface area contributed by atoms with Crippen molar-refractivity contribution in [2.45, 2.75) is 81.8 Å². The van der Waals surface area contributed by atoms with Gasteiger partial charge in [0.25, 0.3) is 5.91 Å². The molecule has 9 nitrogen and oxygen atoms in total. The van der Waals surface area contributed by atoms with Gasteiger partial charge in [0, 0.05) is 23.5 Å². The molecule has 0 radical (unpaired) electrons. The second kappa shape index (κ2) is 16.1. The Morgan fingerprint density at radius 2 is 1.84 bits per heavy atom. The first-order valence-electron chi connectivity index (χ1n) is 15.1. The maximum atomic E-state index is 13.2. The van der Waals surface area contributed by atoms with E-state index >= 15 is 0 Å². The van der Waals surface area contributed by atoms with Gasteiger partial charge in [-0.15, -0.1) is 0 Å². The lowest BCUT2D eigenvalue weighted by Crippen LogP contribution is -2.50. The Hall–Kier alpha value is -2.85. The van der Waals surface area contributed by atoms with Crippen molar-refractivity contribution in [1.29, 1.82) is 0 Å². The number of halogens is 3. The summed E-state index contributed by atoms with van der Waals surface area (Å²) in [5.41, 5.74) is 7.84. The molecule has 1 aromatic carbocycles. The van der Waals surface area contributed by atoms with Gasteiger partial charge in [-0.3, -0.25) is 19.4 Å². The minimum atomic E-state index is -1.57. The highest BCUT2D eigenvalue weighted by atomic mass is 35.6. The third-order valence-electron chi connectivity index (χ3n) is 7.48. The van der Waals surface area contributed by atoms with Gasteiger partial charge in [0.05, 0.1) is 17.0 Å². The zero-order valence-corrected chi connectivity index (χ0v) is 28.5. The number of ether oxygens (including phenoxy) is 2. The largest absolute Gasteiger partial charge is 0.492 e. The number of alkyl halides is 3. The number of pyridine rings is 1. The predicted octanol–water partition coefficient (Wildman–Crippen LogP) is 5.79. The fourth-order valence-electron chi connectivity index (χ4n) is 4.37. The number of fused-ring (bicyclic) bond motifs is 1. The number of aromatic nitrogens is 1. The van der Waals surface area contributed by atoms with Crippen molar-refractivity contribution < 1.29 is 23.9 Å². The molecule has 12 heteroatoms. The van der Waals surface area contributed by atoms with Gasteiger partial charge in [-0.1, -0.05) is 78.7 Å². The average Bonchev–Trinajstić information content (AvgIpc) is 3.83. The second-order valence-electron chi connectivity index (χ2n) is 12.0. The number of aryl methyl sites for hydroxylation is 1. The van der Waals surface area contributed by atoms with E-state index < -0.39 is 39.3 Å². The first-order valence-corrected chi connectivity index (χ1v) is 16.2. The highest BCUT2D eigenvalue weighted by Gasteiger charge is 2.42. The van der Waals surface area contributed by atoms with Gasteiger partial charge >= 0.3 is 5.97 Å². The van der Waals surface area contributed by atoms with E-state index in [1.54, 1.807) is 26.8 Å². The van der Waals surface area contributed by atoms with Crippen molar-refractivity contribution in [3.8, 4) is 0 Å². The summed E-state index contributed by atoms with van der Waals surface area (Å²) < 4.78 is 9.47. The van der Waals surface area contributed by atoms with Crippen molar-refractivity contribution in [2.24, 2.45) is 17.1 Å². The van der Waals surface area contributed by atoms with E-state index in [2.05, 4.69) is 29.1 Å². The zero-order valence-electron chi connectivity index (χ0n) is 26.2. The molecule has 1 aliphatic rings. The molecule has 4 N–H and O–H groups in total. The van der Waals surface area contributed by atoms with Crippen LogP contribution in [0.2, 0.25) is 0 Å². The number of nitrogens with zero attached hydrogens (tertiary/aromatic N) is 1. The fraction of sp³-hybridized carbons (Fsp3) is 0.515. The van der Waals surface area contributed by atoms with Crippen molar-refractivity contribution in [3.63, 3.8) is 0 Å². The molecule has 3 rings (SSSR count). The average molecular weight is 682 g/mol. The molecule has 0 aliphatic heterocycles. The lowest BCUT2D eigenvalue weighted by molar-refractivity contribution is -0.163. The molecule has 0 bridgehead atoms. The number of hydrogen-bond donors (Lipinski definition) is 3. The van der Waals surface area contributed by atoms with E-state index in [-0.39, 0.29) is 24.2 Å². The van der Waals surface area contributed by atoms with Crippen LogP contribution in [0.5, 0.6) is 0 Å². The number of carbonyl (C=O) groups excluding carboxylic acids is 3. The van der Waals surface area contributed by atoms with Crippen molar-refractivity contribution in [2.75, 3.05) is 13.2 Å². The Bertz CT molecular complexity index is 1400. The van der Waals surface area contributed by atoms with Gasteiger partial charge in [0.15, 0.2) is 6.10 Å². The van der Waals surface area contributed by atoms with E-state index in [1.807, 2.05) is 36.4 Å². The van der Waals surface area contributed by atoms with Gasteiger partial charge in [0.1, 0.15) is 18.4 Å². The van der Waals surface area contributed by atoms with Gasteiger partial charge in [-0.25, -0.2) is 0 Å². The van der Waals surface area contributed by atoms with Crippen LogP contribution in [0.4, 0.5) is 0 Å². The van der Waals surface area contributed by atoms with E-state index in [0.717, 1.165) is 41.4 Å². The van der Waals surface area contributed by atoms with Gasteiger partial charge in [0.2, 0.25) is 9.70 Å². The molecule has 246 valence electrons. The number of benzene rings is 1. The molecule has 1 fully saturated rings. The predicted molar refractivity (Wildman–Crippen MR) is 180 cm³/mol. The first-order chi connectivity index (χ1) is 21.1. The summed E-state index contributed by atoms with van der Waals surface area (Å²) in [6.07, 6.45) is 6.04. The number of esters is 1. The van der Waals surface area contributed by atoms with Crippen LogP contribution < -0.4 is 16.4 Å². The number of rotatable bonds is 16. The molecule has 3 unspecified atom stereocenters. The maximum absolute atomic E-state index is 13.2. The molecule has 45 heavy (non-hydrogen) atoms. The molecule has 3 atom stereocenters. The van der Waals surface area contributed by atoms with Gasteiger partial charge in [-0.2, -0.15) is 0 Å². The zero-order chi connectivity index (χ0) is 33.4. The van der Waals surface area contributed by atoms with E-state index in [1.165, 1.54) is 0 Å². The van der Waals surface area contributed by atoms with Crippen molar-refractivity contribution >= 4 is 69.6 Å². The normalized spacial score (nSPS) is 15.7. The summed E-state index contributed by atoms with van der Waals surface area (Å²) in [7, 11) is 0.